The molecule has 0 radical (unpaired) electrons. The van der Waals surface area contributed by atoms with Gasteiger partial charge in [0.15, 0.2) is 0 Å². The summed E-state index contributed by atoms with van der Waals surface area (Å²) < 4.78 is 0. The molecule has 0 saturated heterocycles. The molecule has 0 bridgehead atoms. The summed E-state index contributed by atoms with van der Waals surface area (Å²) in [6.07, 6.45) is 5.25. The lowest BCUT2D eigenvalue weighted by molar-refractivity contribution is -0.126. The lowest BCUT2D eigenvalue weighted by Crippen LogP contribution is -2.58. The minimum absolute atomic E-state index is 0.148. The summed E-state index contributed by atoms with van der Waals surface area (Å²) in [5, 5.41) is 3.48. The third-order valence-corrected chi connectivity index (χ3v) is 4.82. The van der Waals surface area contributed by atoms with Gasteiger partial charge in [0, 0.05) is 6.54 Å². The van der Waals surface area contributed by atoms with Crippen LogP contribution in [0.4, 0.5) is 0 Å². The van der Waals surface area contributed by atoms with Crippen molar-refractivity contribution in [3.63, 3.8) is 0 Å². The number of amides is 1. The molecule has 0 aromatic carbocycles. The average molecular weight is 297 g/mol. The molecule has 2 unspecified atom stereocenters. The largest absolute Gasteiger partial charge is 0.368 e. The van der Waals surface area contributed by atoms with Crippen molar-refractivity contribution in [2.75, 3.05) is 26.2 Å². The van der Waals surface area contributed by atoms with Crippen LogP contribution in [0.25, 0.3) is 0 Å². The second kappa shape index (κ2) is 8.74. The zero-order valence-corrected chi connectivity index (χ0v) is 14.5. The van der Waals surface area contributed by atoms with Gasteiger partial charge in [-0.3, -0.25) is 4.79 Å². The molecule has 1 fully saturated rings. The lowest BCUT2D eigenvalue weighted by atomic mass is 9.83. The van der Waals surface area contributed by atoms with Crippen molar-refractivity contribution in [3.05, 3.63) is 0 Å². The maximum atomic E-state index is 12.1. The van der Waals surface area contributed by atoms with Crippen molar-refractivity contribution in [2.24, 2.45) is 17.6 Å². The zero-order chi connectivity index (χ0) is 15.9. The Morgan fingerprint density at radius 2 is 2.14 bits per heavy atom. The lowest BCUT2D eigenvalue weighted by Gasteiger charge is -2.35. The van der Waals surface area contributed by atoms with Gasteiger partial charge in [-0.25, -0.2) is 0 Å². The molecule has 0 aliphatic heterocycles. The first kappa shape index (κ1) is 18.4. The van der Waals surface area contributed by atoms with E-state index in [9.17, 15) is 4.79 Å². The molecule has 4 nitrogen and oxygen atoms in total. The number of carbonyl (C=O) groups excluding carboxylic acids is 1. The van der Waals surface area contributed by atoms with Gasteiger partial charge < -0.3 is 16.0 Å². The Kier molecular flexibility index (Phi) is 7.67. The fraction of sp³-hybridized carbons (Fsp3) is 0.941. The number of hydrogen-bond acceptors (Lipinski definition) is 3. The van der Waals surface area contributed by atoms with Crippen LogP contribution in [0.5, 0.6) is 0 Å². The second-order valence-electron chi connectivity index (χ2n) is 6.93. The third-order valence-electron chi connectivity index (χ3n) is 4.82. The molecule has 1 amide bonds. The van der Waals surface area contributed by atoms with Crippen molar-refractivity contribution < 1.29 is 4.79 Å². The first-order chi connectivity index (χ1) is 9.96. The summed E-state index contributed by atoms with van der Waals surface area (Å²) in [7, 11) is 0. The maximum Gasteiger partial charge on any atom is 0.238 e. The van der Waals surface area contributed by atoms with Crippen LogP contribution in [0.2, 0.25) is 0 Å². The zero-order valence-electron chi connectivity index (χ0n) is 14.5. The third kappa shape index (κ3) is 4.96. The van der Waals surface area contributed by atoms with E-state index in [1.165, 1.54) is 0 Å². The van der Waals surface area contributed by atoms with Crippen LogP contribution in [0.15, 0.2) is 0 Å². The van der Waals surface area contributed by atoms with Crippen LogP contribution in [0.1, 0.15) is 59.8 Å². The second-order valence-corrected chi connectivity index (χ2v) is 6.93. The summed E-state index contributed by atoms with van der Waals surface area (Å²) in [6, 6.07) is 0. The van der Waals surface area contributed by atoms with E-state index in [0.717, 1.165) is 58.3 Å². The van der Waals surface area contributed by atoms with Crippen molar-refractivity contribution >= 4 is 5.91 Å². The molecule has 0 aromatic rings. The first-order valence-electron chi connectivity index (χ1n) is 8.73. The van der Waals surface area contributed by atoms with Gasteiger partial charge in [-0.15, -0.1) is 0 Å². The number of carbonyl (C=O) groups is 1. The highest BCUT2D eigenvalue weighted by atomic mass is 16.1. The first-order valence-corrected chi connectivity index (χ1v) is 8.73. The number of nitrogens with two attached hydrogens (primary N) is 1. The molecule has 0 heterocycles. The molecule has 3 N–H and O–H groups in total. The Labute approximate surface area is 130 Å². The molecule has 1 saturated carbocycles. The van der Waals surface area contributed by atoms with Gasteiger partial charge in [-0.05, 0) is 57.2 Å². The van der Waals surface area contributed by atoms with Gasteiger partial charge in [0.1, 0.15) is 5.54 Å². The van der Waals surface area contributed by atoms with E-state index in [1.807, 2.05) is 0 Å². The summed E-state index contributed by atoms with van der Waals surface area (Å²) in [4.78, 5) is 14.6. The molecule has 1 rings (SSSR count). The van der Waals surface area contributed by atoms with Crippen LogP contribution in [-0.4, -0.2) is 42.5 Å². The van der Waals surface area contributed by atoms with Crippen LogP contribution in [0, 0.1) is 11.8 Å². The van der Waals surface area contributed by atoms with E-state index >= 15 is 0 Å². The predicted octanol–water partition coefficient (Wildman–Crippen LogP) is 2.38. The van der Waals surface area contributed by atoms with Gasteiger partial charge in [0.05, 0.1) is 0 Å². The molecule has 124 valence electrons. The van der Waals surface area contributed by atoms with Gasteiger partial charge >= 0.3 is 0 Å². The molecule has 2 atom stereocenters. The molecule has 0 aromatic heterocycles. The molecule has 21 heavy (non-hydrogen) atoms. The molecule has 4 heteroatoms. The van der Waals surface area contributed by atoms with Crippen molar-refractivity contribution in [1.29, 1.82) is 0 Å². The van der Waals surface area contributed by atoms with Crippen molar-refractivity contribution in [2.45, 2.75) is 65.3 Å². The van der Waals surface area contributed by atoms with Crippen molar-refractivity contribution in [1.82, 2.24) is 10.2 Å². The van der Waals surface area contributed by atoms with E-state index in [1.54, 1.807) is 0 Å². The van der Waals surface area contributed by atoms with Crippen LogP contribution >= 0.6 is 0 Å². The molecular weight excluding hydrogens is 262 g/mol. The maximum absolute atomic E-state index is 12.1. The highest BCUT2D eigenvalue weighted by Gasteiger charge is 2.46. The minimum Gasteiger partial charge on any atom is -0.368 e. The molecule has 0 spiro atoms. The smallest absolute Gasteiger partial charge is 0.238 e. The van der Waals surface area contributed by atoms with Crippen molar-refractivity contribution in [3.8, 4) is 0 Å². The topological polar surface area (TPSA) is 58.4 Å². The standard InChI is InChI=1S/C17H35N3O/c1-5-11-19-17(16(18)21)10-7-8-15(17)9-12-20(6-2)13-14(3)4/h14-15,19H,5-13H2,1-4H3,(H2,18,21). The predicted molar refractivity (Wildman–Crippen MR) is 89.1 cm³/mol. The number of rotatable bonds is 10. The Morgan fingerprint density at radius 1 is 1.43 bits per heavy atom. The Balaban J connectivity index is 2.64. The van der Waals surface area contributed by atoms with E-state index in [2.05, 4.69) is 37.9 Å². The fourth-order valence-corrected chi connectivity index (χ4v) is 3.69. The normalized spacial score (nSPS) is 25.9. The van der Waals surface area contributed by atoms with Gasteiger partial charge in [0.25, 0.3) is 0 Å². The minimum atomic E-state index is -0.451. The van der Waals surface area contributed by atoms with Crippen LogP contribution < -0.4 is 11.1 Å². The fourth-order valence-electron chi connectivity index (χ4n) is 3.69. The number of primary amides is 1. The highest BCUT2D eigenvalue weighted by molar-refractivity contribution is 5.85. The van der Waals surface area contributed by atoms with Crippen LogP contribution in [-0.2, 0) is 4.79 Å². The quantitative estimate of drug-likeness (QED) is 0.651. The van der Waals surface area contributed by atoms with E-state index in [0.29, 0.717) is 11.8 Å². The van der Waals surface area contributed by atoms with Gasteiger partial charge in [0.2, 0.25) is 5.91 Å². The van der Waals surface area contributed by atoms with E-state index < -0.39 is 5.54 Å². The number of nitrogens with one attached hydrogen (secondary N) is 1. The molecular formula is C17H35N3O. The summed E-state index contributed by atoms with van der Waals surface area (Å²) >= 11 is 0. The molecule has 1 aliphatic rings. The summed E-state index contributed by atoms with van der Waals surface area (Å²) in [6.45, 7) is 13.0. The molecule has 1 aliphatic carbocycles. The summed E-state index contributed by atoms with van der Waals surface area (Å²) in [5.41, 5.74) is 5.32. The van der Waals surface area contributed by atoms with Crippen LogP contribution in [0.3, 0.4) is 0 Å². The van der Waals surface area contributed by atoms with Gasteiger partial charge in [-0.1, -0.05) is 34.1 Å². The average Bonchev–Trinajstić information content (AvgIpc) is 2.85. The number of hydrogen-bond donors (Lipinski definition) is 2. The Hall–Kier alpha value is -0.610. The Morgan fingerprint density at radius 3 is 2.67 bits per heavy atom. The Bertz CT molecular complexity index is 319. The van der Waals surface area contributed by atoms with Gasteiger partial charge in [-0.2, -0.15) is 0 Å². The summed E-state index contributed by atoms with van der Waals surface area (Å²) in [5.74, 6) is 0.931. The SMILES string of the molecule is CCCNC1(C(N)=O)CCCC1CCN(CC)CC(C)C. The monoisotopic (exact) mass is 297 g/mol. The van der Waals surface area contributed by atoms with E-state index in [-0.39, 0.29) is 5.91 Å². The number of nitrogens with zero attached hydrogens (tertiary/aromatic N) is 1. The van der Waals surface area contributed by atoms with E-state index in [4.69, 9.17) is 5.73 Å². The highest BCUT2D eigenvalue weighted by Crippen LogP contribution is 2.38.